The first-order chi connectivity index (χ1) is 22.6. The Kier molecular flexibility index (Phi) is 9.23. The summed E-state index contributed by atoms with van der Waals surface area (Å²) in [5, 5.41) is 3.77. The van der Waals surface area contributed by atoms with Gasteiger partial charge in [-0.25, -0.2) is 4.39 Å². The van der Waals surface area contributed by atoms with E-state index in [0.717, 1.165) is 17.5 Å². The summed E-state index contributed by atoms with van der Waals surface area (Å²) >= 11 is 0. The largest absolute Gasteiger partial charge is 0.497 e. The maximum Gasteiger partial charge on any atom is 0.416 e. The summed E-state index contributed by atoms with van der Waals surface area (Å²) in [6.07, 6.45) is -0.971. The Bertz CT molecular complexity index is 1630. The predicted octanol–water partition coefficient (Wildman–Crippen LogP) is 6.08. The fraction of sp³-hybridized carbons (Fsp3) is 0.400. The van der Waals surface area contributed by atoms with Gasteiger partial charge >= 0.3 is 12.1 Å². The van der Waals surface area contributed by atoms with Crippen molar-refractivity contribution in [2.24, 2.45) is 5.92 Å². The Balaban J connectivity index is 1.43. The standard InChI is InChI=1S/C35H38F4N4O4/c1-45-27-8-5-7-26(21-27)40-14-16-41(17-15-40)34-29(28-20-25(35(37,38)39)10-11-31(28)46-2)19-24-6-4-9-30(36)33(24)43(34)42-13-12-23(22-42)18-32(44)47-3/h4-13,20-21,23,29,34H,14-19,22H2,1-3H3. The molecule has 0 spiro atoms. The van der Waals surface area contributed by atoms with E-state index in [1.807, 2.05) is 52.6 Å². The van der Waals surface area contributed by atoms with E-state index in [1.165, 1.54) is 32.4 Å². The van der Waals surface area contributed by atoms with Crippen LogP contribution >= 0.6 is 0 Å². The molecule has 12 heteroatoms. The lowest BCUT2D eigenvalue weighted by Crippen LogP contribution is -2.63. The molecule has 3 heterocycles. The highest BCUT2D eigenvalue weighted by molar-refractivity contribution is 5.70. The first kappa shape index (κ1) is 32.5. The van der Waals surface area contributed by atoms with Crippen molar-refractivity contribution in [1.29, 1.82) is 0 Å². The summed E-state index contributed by atoms with van der Waals surface area (Å²) < 4.78 is 74.2. The van der Waals surface area contributed by atoms with E-state index in [2.05, 4.69) is 9.80 Å². The van der Waals surface area contributed by atoms with E-state index in [9.17, 15) is 18.0 Å². The Morgan fingerprint density at radius 3 is 2.40 bits per heavy atom. The maximum absolute atomic E-state index is 15.9. The molecular formula is C35H38F4N4O4. The van der Waals surface area contributed by atoms with Gasteiger partial charge < -0.3 is 19.1 Å². The zero-order chi connectivity index (χ0) is 33.3. The van der Waals surface area contributed by atoms with Gasteiger partial charge in [-0.15, -0.1) is 0 Å². The second-order valence-corrected chi connectivity index (χ2v) is 12.0. The summed E-state index contributed by atoms with van der Waals surface area (Å²) in [4.78, 5) is 16.6. The number of carbonyl (C=O) groups is 1. The molecule has 1 fully saturated rings. The minimum Gasteiger partial charge on any atom is -0.497 e. The number of esters is 1. The van der Waals surface area contributed by atoms with Gasteiger partial charge in [0.05, 0.1) is 39.0 Å². The van der Waals surface area contributed by atoms with Gasteiger partial charge in [0.25, 0.3) is 0 Å². The van der Waals surface area contributed by atoms with Gasteiger partial charge in [-0.3, -0.25) is 19.7 Å². The van der Waals surface area contributed by atoms with E-state index in [1.54, 1.807) is 13.2 Å². The van der Waals surface area contributed by atoms with Crippen molar-refractivity contribution in [3.8, 4) is 11.5 Å². The third kappa shape index (κ3) is 6.56. The first-order valence-corrected chi connectivity index (χ1v) is 15.6. The van der Waals surface area contributed by atoms with Crippen LogP contribution in [0.1, 0.15) is 29.0 Å². The van der Waals surface area contributed by atoms with Crippen molar-refractivity contribution in [3.63, 3.8) is 0 Å². The number of halogens is 4. The fourth-order valence-corrected chi connectivity index (χ4v) is 7.01. The monoisotopic (exact) mass is 654 g/mol. The van der Waals surface area contributed by atoms with Crippen LogP contribution in [0.2, 0.25) is 0 Å². The molecule has 0 aromatic heterocycles. The molecule has 0 radical (unpaired) electrons. The number of hydrazine groups is 1. The maximum atomic E-state index is 15.9. The number of ether oxygens (including phenoxy) is 3. The number of hydrogen-bond acceptors (Lipinski definition) is 8. The normalized spacial score (nSPS) is 21.5. The van der Waals surface area contributed by atoms with E-state index < -0.39 is 29.6 Å². The Morgan fingerprint density at radius 2 is 1.70 bits per heavy atom. The van der Waals surface area contributed by atoms with Crippen molar-refractivity contribution in [2.45, 2.75) is 31.1 Å². The highest BCUT2D eigenvalue weighted by Gasteiger charge is 2.46. The van der Waals surface area contributed by atoms with Crippen LogP contribution < -0.4 is 19.4 Å². The number of para-hydroxylation sites is 1. The molecule has 0 saturated carbocycles. The lowest BCUT2D eigenvalue weighted by Gasteiger charge is -2.53. The summed E-state index contributed by atoms with van der Waals surface area (Å²) in [5.41, 5.74) is 1.68. The molecule has 1 saturated heterocycles. The highest BCUT2D eigenvalue weighted by atomic mass is 19.4. The van der Waals surface area contributed by atoms with Crippen LogP contribution in [0.25, 0.3) is 0 Å². The number of nitrogens with zero attached hydrogens (tertiary/aromatic N) is 4. The van der Waals surface area contributed by atoms with Gasteiger partial charge in [0.2, 0.25) is 0 Å². The number of benzene rings is 3. The van der Waals surface area contributed by atoms with Crippen molar-refractivity contribution in [1.82, 2.24) is 9.91 Å². The molecule has 0 amide bonds. The Morgan fingerprint density at radius 1 is 0.936 bits per heavy atom. The van der Waals surface area contributed by atoms with Crippen LogP contribution in [0.3, 0.4) is 0 Å². The number of fused-ring (bicyclic) bond motifs is 1. The predicted molar refractivity (Wildman–Crippen MR) is 170 cm³/mol. The minimum atomic E-state index is -4.56. The number of alkyl halides is 3. The summed E-state index contributed by atoms with van der Waals surface area (Å²) in [6.45, 7) is 2.76. The number of hydrogen-bond donors (Lipinski definition) is 0. The third-order valence-electron chi connectivity index (χ3n) is 9.30. The zero-order valence-electron chi connectivity index (χ0n) is 26.5. The number of anilines is 2. The first-order valence-electron chi connectivity index (χ1n) is 15.6. The van der Waals surface area contributed by atoms with Crippen LogP contribution in [0.15, 0.2) is 72.9 Å². The molecule has 8 nitrogen and oxygen atoms in total. The smallest absolute Gasteiger partial charge is 0.416 e. The van der Waals surface area contributed by atoms with Gasteiger partial charge in [0.1, 0.15) is 23.5 Å². The summed E-state index contributed by atoms with van der Waals surface area (Å²) in [5.74, 6) is -0.423. The van der Waals surface area contributed by atoms with Crippen molar-refractivity contribution in [3.05, 3.63) is 95.4 Å². The highest BCUT2D eigenvalue weighted by Crippen LogP contribution is 2.47. The molecule has 47 heavy (non-hydrogen) atoms. The van der Waals surface area contributed by atoms with E-state index in [4.69, 9.17) is 14.2 Å². The molecule has 0 N–H and O–H groups in total. The van der Waals surface area contributed by atoms with Crippen molar-refractivity contribution < 1.29 is 36.6 Å². The third-order valence-corrected chi connectivity index (χ3v) is 9.30. The SMILES string of the molecule is COC(=O)CC1C=CN(N2c3c(F)cccc3CC(c3cc(C(F)(F)F)ccc3OC)C2N2CCN(c3cccc(OC)c3)CC2)C1. The second-order valence-electron chi connectivity index (χ2n) is 12.0. The average Bonchev–Trinajstić information content (AvgIpc) is 3.54. The minimum absolute atomic E-state index is 0.149. The summed E-state index contributed by atoms with van der Waals surface area (Å²) in [6, 6.07) is 16.2. The lowest BCUT2D eigenvalue weighted by atomic mass is 9.82. The van der Waals surface area contributed by atoms with Crippen molar-refractivity contribution in [2.75, 3.05) is 64.0 Å². The number of piperazine rings is 1. The molecule has 3 aliphatic heterocycles. The molecule has 0 aliphatic carbocycles. The van der Waals surface area contributed by atoms with E-state index >= 15 is 4.39 Å². The topological polar surface area (TPSA) is 57.7 Å². The van der Waals surface area contributed by atoms with E-state index in [-0.39, 0.29) is 18.3 Å². The summed E-state index contributed by atoms with van der Waals surface area (Å²) in [7, 11) is 4.41. The number of carbonyl (C=O) groups excluding carboxylic acids is 1. The van der Waals surface area contributed by atoms with Crippen LogP contribution in [-0.2, 0) is 22.1 Å². The van der Waals surface area contributed by atoms with Crippen LogP contribution in [0.4, 0.5) is 28.9 Å². The van der Waals surface area contributed by atoms with Gasteiger partial charge in [0.15, 0.2) is 0 Å². The van der Waals surface area contributed by atoms with Crippen LogP contribution in [-0.4, -0.2) is 76.1 Å². The van der Waals surface area contributed by atoms with Crippen molar-refractivity contribution >= 4 is 17.3 Å². The second kappa shape index (κ2) is 13.3. The molecule has 6 rings (SSSR count). The molecule has 3 atom stereocenters. The van der Waals surface area contributed by atoms with Gasteiger partial charge in [-0.05, 0) is 48.4 Å². The zero-order valence-corrected chi connectivity index (χ0v) is 26.5. The molecule has 3 aromatic carbocycles. The molecule has 3 aromatic rings. The molecule has 3 aliphatic rings. The lowest BCUT2D eigenvalue weighted by molar-refractivity contribution is -0.141. The number of rotatable bonds is 8. The van der Waals surface area contributed by atoms with Gasteiger partial charge in [0, 0.05) is 68.1 Å². The van der Waals surface area contributed by atoms with Gasteiger partial charge in [-0.2, -0.15) is 13.2 Å². The number of methoxy groups -OCH3 is 3. The Hall–Kier alpha value is -4.45. The molecular weight excluding hydrogens is 616 g/mol. The molecule has 250 valence electrons. The quantitative estimate of drug-likeness (QED) is 0.214. The molecule has 3 unspecified atom stereocenters. The molecule has 0 bridgehead atoms. The van der Waals surface area contributed by atoms with Crippen LogP contribution in [0, 0.1) is 11.7 Å². The van der Waals surface area contributed by atoms with E-state index in [0.29, 0.717) is 61.7 Å². The van der Waals surface area contributed by atoms with Crippen LogP contribution in [0.5, 0.6) is 11.5 Å². The fourth-order valence-electron chi connectivity index (χ4n) is 7.01. The Labute approximate surface area is 271 Å². The van der Waals surface area contributed by atoms with Gasteiger partial charge in [-0.1, -0.05) is 24.3 Å². The average molecular weight is 655 g/mol.